The van der Waals surface area contributed by atoms with Crippen molar-refractivity contribution in [2.75, 3.05) is 0 Å². The van der Waals surface area contributed by atoms with Crippen LogP contribution in [0.25, 0.3) is 0 Å². The maximum Gasteiger partial charge on any atom is 0.511 e. The van der Waals surface area contributed by atoms with E-state index in [0.717, 1.165) is 36.8 Å². The number of rotatable bonds is 5. The van der Waals surface area contributed by atoms with E-state index in [0.29, 0.717) is 0 Å². The van der Waals surface area contributed by atoms with Gasteiger partial charge in [-0.05, 0) is 36.1 Å². The highest BCUT2D eigenvalue weighted by Crippen LogP contribution is 2.31. The fraction of sp³-hybridized carbons (Fsp3) is 0.462. The molecule has 17 heavy (non-hydrogen) atoms. The highest BCUT2D eigenvalue weighted by molar-refractivity contribution is 5.63. The van der Waals surface area contributed by atoms with Crippen LogP contribution >= 0.6 is 0 Å². The van der Waals surface area contributed by atoms with Gasteiger partial charge >= 0.3 is 6.16 Å². The smallest absolute Gasteiger partial charge is 0.504 e. The lowest BCUT2D eigenvalue weighted by Gasteiger charge is -2.11. The Morgan fingerprint density at radius 2 is 1.71 bits per heavy atom. The average Bonchev–Trinajstić information content (AvgIpc) is 2.24. The zero-order valence-electron chi connectivity index (χ0n) is 10.2. The van der Waals surface area contributed by atoms with Gasteiger partial charge in [0.1, 0.15) is 0 Å². The van der Waals surface area contributed by atoms with Crippen molar-refractivity contribution in [3.05, 3.63) is 23.3 Å². The molecule has 1 rings (SSSR count). The number of hydrogen-bond donors (Lipinski definition) is 2. The molecular formula is C13H18O4. The Hall–Kier alpha value is -1.71. The molecule has 4 nitrogen and oxygen atoms in total. The van der Waals surface area contributed by atoms with E-state index in [2.05, 4.69) is 18.6 Å². The number of aryl methyl sites for hydroxylation is 2. The Bertz CT molecular complexity index is 399. The normalized spacial score (nSPS) is 10.2. The second-order valence-electron chi connectivity index (χ2n) is 3.96. The summed E-state index contributed by atoms with van der Waals surface area (Å²) in [4.78, 5) is 10.5. The number of carbonyl (C=O) groups is 1. The number of benzene rings is 1. The Balaban J connectivity index is 3.09. The summed E-state index contributed by atoms with van der Waals surface area (Å²) < 4.78 is 4.53. The maximum absolute atomic E-state index is 10.5. The van der Waals surface area contributed by atoms with Crippen LogP contribution in [0.5, 0.6) is 11.5 Å². The molecule has 4 heteroatoms. The lowest BCUT2D eigenvalue weighted by Crippen LogP contribution is -2.04. The Labute approximate surface area is 101 Å². The minimum atomic E-state index is -1.41. The van der Waals surface area contributed by atoms with Gasteiger partial charge in [0.15, 0.2) is 11.5 Å². The summed E-state index contributed by atoms with van der Waals surface area (Å²) in [7, 11) is 0. The van der Waals surface area contributed by atoms with Gasteiger partial charge in [-0.3, -0.25) is 0 Å². The van der Waals surface area contributed by atoms with Crippen molar-refractivity contribution in [1.29, 1.82) is 0 Å². The summed E-state index contributed by atoms with van der Waals surface area (Å²) in [6.45, 7) is 4.12. The average molecular weight is 238 g/mol. The Morgan fingerprint density at radius 3 is 2.18 bits per heavy atom. The van der Waals surface area contributed by atoms with E-state index in [-0.39, 0.29) is 11.5 Å². The van der Waals surface area contributed by atoms with Crippen LogP contribution in [0.15, 0.2) is 12.1 Å². The van der Waals surface area contributed by atoms with Crippen molar-refractivity contribution in [3.63, 3.8) is 0 Å². The molecule has 2 N–H and O–H groups in total. The standard InChI is InChI=1S/C13H18O4/c1-3-5-9-7-11(14)12(17-13(15)16)8-10(9)6-4-2/h7-8,14H,3-6H2,1-2H3,(H,15,16). The summed E-state index contributed by atoms with van der Waals surface area (Å²) in [5.41, 5.74) is 2.10. The monoisotopic (exact) mass is 238 g/mol. The molecule has 0 bridgehead atoms. The summed E-state index contributed by atoms with van der Waals surface area (Å²) in [5, 5.41) is 18.2. The maximum atomic E-state index is 10.5. The fourth-order valence-electron chi connectivity index (χ4n) is 1.83. The van der Waals surface area contributed by atoms with E-state index in [9.17, 15) is 9.90 Å². The van der Waals surface area contributed by atoms with Crippen LogP contribution in [0.1, 0.15) is 37.8 Å². The highest BCUT2D eigenvalue weighted by Gasteiger charge is 2.12. The topological polar surface area (TPSA) is 66.8 Å². The van der Waals surface area contributed by atoms with Crippen LogP contribution in [0.3, 0.4) is 0 Å². The zero-order valence-corrected chi connectivity index (χ0v) is 10.2. The first kappa shape index (κ1) is 13.4. The van der Waals surface area contributed by atoms with Crippen LogP contribution in [0.2, 0.25) is 0 Å². The second kappa shape index (κ2) is 6.13. The predicted molar refractivity (Wildman–Crippen MR) is 64.7 cm³/mol. The molecule has 0 aliphatic carbocycles. The van der Waals surface area contributed by atoms with Gasteiger partial charge in [0, 0.05) is 0 Å². The molecule has 1 aromatic rings. The third kappa shape index (κ3) is 3.66. The van der Waals surface area contributed by atoms with Crippen molar-refractivity contribution in [2.45, 2.75) is 39.5 Å². The van der Waals surface area contributed by atoms with Gasteiger partial charge in [-0.25, -0.2) is 4.79 Å². The number of carboxylic acid groups (broad SMARTS) is 1. The molecule has 0 aliphatic heterocycles. The Morgan fingerprint density at radius 1 is 1.18 bits per heavy atom. The minimum Gasteiger partial charge on any atom is -0.504 e. The van der Waals surface area contributed by atoms with E-state index in [4.69, 9.17) is 5.11 Å². The summed E-state index contributed by atoms with van der Waals surface area (Å²) in [6.07, 6.45) is 2.26. The highest BCUT2D eigenvalue weighted by atomic mass is 16.7. The third-order valence-corrected chi connectivity index (χ3v) is 2.52. The number of phenols is 1. The van der Waals surface area contributed by atoms with Crippen molar-refractivity contribution in [1.82, 2.24) is 0 Å². The van der Waals surface area contributed by atoms with E-state index in [1.165, 1.54) is 0 Å². The largest absolute Gasteiger partial charge is 0.511 e. The molecule has 0 amide bonds. The molecule has 1 aromatic carbocycles. The number of phenolic OH excluding ortho intramolecular Hbond substituents is 1. The first-order valence-corrected chi connectivity index (χ1v) is 5.84. The lowest BCUT2D eigenvalue weighted by atomic mass is 9.99. The van der Waals surface area contributed by atoms with Gasteiger partial charge in [0.25, 0.3) is 0 Å². The molecule has 0 aromatic heterocycles. The molecule has 0 radical (unpaired) electrons. The van der Waals surface area contributed by atoms with E-state index < -0.39 is 6.16 Å². The molecule has 0 heterocycles. The number of hydrogen-bond acceptors (Lipinski definition) is 3. The molecular weight excluding hydrogens is 220 g/mol. The van der Waals surface area contributed by atoms with Crippen molar-refractivity contribution >= 4 is 6.16 Å². The molecule has 0 fully saturated rings. The van der Waals surface area contributed by atoms with Crippen LogP contribution in [-0.2, 0) is 12.8 Å². The van der Waals surface area contributed by atoms with Crippen molar-refractivity contribution < 1.29 is 19.7 Å². The van der Waals surface area contributed by atoms with Crippen molar-refractivity contribution in [3.8, 4) is 11.5 Å². The molecule has 0 aliphatic rings. The summed E-state index contributed by atoms with van der Waals surface area (Å²) >= 11 is 0. The number of aromatic hydroxyl groups is 1. The molecule has 0 saturated heterocycles. The molecule has 0 unspecified atom stereocenters. The lowest BCUT2D eigenvalue weighted by molar-refractivity contribution is 0.143. The quantitative estimate of drug-likeness (QED) is 0.609. The summed E-state index contributed by atoms with van der Waals surface area (Å²) in [5.74, 6) is -0.100. The molecule has 0 saturated carbocycles. The van der Waals surface area contributed by atoms with Crippen molar-refractivity contribution in [2.24, 2.45) is 0 Å². The van der Waals surface area contributed by atoms with Crippen LogP contribution in [-0.4, -0.2) is 16.4 Å². The van der Waals surface area contributed by atoms with Gasteiger partial charge in [-0.2, -0.15) is 0 Å². The van der Waals surface area contributed by atoms with Gasteiger partial charge in [0.05, 0.1) is 0 Å². The van der Waals surface area contributed by atoms with Crippen LogP contribution in [0.4, 0.5) is 4.79 Å². The van der Waals surface area contributed by atoms with Crippen LogP contribution in [0, 0.1) is 0 Å². The molecule has 0 spiro atoms. The van der Waals surface area contributed by atoms with Crippen LogP contribution < -0.4 is 4.74 Å². The SMILES string of the molecule is CCCc1cc(O)c(OC(=O)O)cc1CCC. The minimum absolute atomic E-state index is 0.0146. The predicted octanol–water partition coefficient (Wildman–Crippen LogP) is 3.35. The molecule has 0 atom stereocenters. The number of ether oxygens (including phenoxy) is 1. The fourth-order valence-corrected chi connectivity index (χ4v) is 1.83. The van der Waals surface area contributed by atoms with Gasteiger partial charge in [0.2, 0.25) is 0 Å². The molecule has 94 valence electrons. The first-order valence-electron chi connectivity index (χ1n) is 5.84. The third-order valence-electron chi connectivity index (χ3n) is 2.52. The van der Waals surface area contributed by atoms with E-state index in [1.54, 1.807) is 12.1 Å². The van der Waals surface area contributed by atoms with E-state index in [1.807, 2.05) is 0 Å². The van der Waals surface area contributed by atoms with Gasteiger partial charge in [-0.1, -0.05) is 26.7 Å². The van der Waals surface area contributed by atoms with Gasteiger partial charge in [-0.15, -0.1) is 0 Å². The van der Waals surface area contributed by atoms with E-state index >= 15 is 0 Å². The Kier molecular flexibility index (Phi) is 4.82. The zero-order chi connectivity index (χ0) is 12.8. The second-order valence-corrected chi connectivity index (χ2v) is 3.96. The summed E-state index contributed by atoms with van der Waals surface area (Å²) in [6, 6.07) is 3.23. The van der Waals surface area contributed by atoms with Gasteiger partial charge < -0.3 is 14.9 Å². The first-order chi connectivity index (χ1) is 8.08.